The van der Waals surface area contributed by atoms with Crippen LogP contribution < -0.4 is 5.32 Å². The number of carbonyl (C=O) groups excluding carboxylic acids is 2. The van der Waals surface area contributed by atoms with E-state index in [9.17, 15) is 14.7 Å². The molecule has 0 atom stereocenters. The molecular weight excluding hydrogens is 486 g/mol. The van der Waals surface area contributed by atoms with Crippen LogP contribution in [0.3, 0.4) is 0 Å². The van der Waals surface area contributed by atoms with Crippen molar-refractivity contribution in [2.75, 3.05) is 6.54 Å². The maximum atomic E-state index is 12.1. The van der Waals surface area contributed by atoms with Crippen molar-refractivity contribution in [1.82, 2.24) is 10.2 Å². The number of rotatable bonds is 3. The second-order valence-electron chi connectivity index (χ2n) is 4.27. The van der Waals surface area contributed by atoms with Crippen LogP contribution in [0.5, 0.6) is 5.75 Å². The number of amides is 3. The predicted molar refractivity (Wildman–Crippen MR) is 92.1 cm³/mol. The van der Waals surface area contributed by atoms with Crippen LogP contribution in [-0.4, -0.2) is 28.5 Å². The molecule has 1 aliphatic heterocycles. The summed E-state index contributed by atoms with van der Waals surface area (Å²) >= 11 is 4.16. The molecule has 1 saturated heterocycles. The molecule has 1 fully saturated rings. The first-order valence-electron chi connectivity index (χ1n) is 5.96. The number of nitrogens with zero attached hydrogens (tertiary/aromatic N) is 1. The first kappa shape index (κ1) is 15.5. The Kier molecular flexibility index (Phi) is 4.89. The molecule has 0 spiro atoms. The summed E-state index contributed by atoms with van der Waals surface area (Å²) in [5, 5.41) is 12.5. The lowest BCUT2D eigenvalue weighted by Gasteiger charge is -2.08. The monoisotopic (exact) mass is 498 g/mol. The van der Waals surface area contributed by atoms with E-state index < -0.39 is 6.03 Å². The third-order valence-electron chi connectivity index (χ3n) is 2.77. The van der Waals surface area contributed by atoms with Gasteiger partial charge >= 0.3 is 6.03 Å². The number of urea groups is 1. The van der Waals surface area contributed by atoms with Gasteiger partial charge in [0, 0.05) is 15.7 Å². The van der Waals surface area contributed by atoms with E-state index in [0.29, 0.717) is 22.1 Å². The quantitative estimate of drug-likeness (QED) is 0.383. The van der Waals surface area contributed by atoms with Crippen molar-refractivity contribution in [1.29, 1.82) is 0 Å². The van der Waals surface area contributed by atoms with Crippen molar-refractivity contribution in [3.05, 3.63) is 30.5 Å². The predicted octanol–water partition coefficient (Wildman–Crippen LogP) is 2.90. The molecule has 1 aliphatic rings. The number of nitrogens with one attached hydrogen (secondary N) is 1. The van der Waals surface area contributed by atoms with Crippen LogP contribution in [0.1, 0.15) is 18.9 Å². The zero-order chi connectivity index (χ0) is 14.9. The van der Waals surface area contributed by atoms with Crippen molar-refractivity contribution in [2.45, 2.75) is 13.3 Å². The van der Waals surface area contributed by atoms with Crippen LogP contribution >= 0.6 is 45.2 Å². The second-order valence-corrected chi connectivity index (χ2v) is 6.68. The molecule has 0 bridgehead atoms. The summed E-state index contributed by atoms with van der Waals surface area (Å²) in [6.07, 6.45) is 2.22. The lowest BCUT2D eigenvalue weighted by molar-refractivity contribution is -0.122. The van der Waals surface area contributed by atoms with Crippen molar-refractivity contribution in [3.63, 3.8) is 0 Å². The molecular formula is C13H12I2N2O3. The summed E-state index contributed by atoms with van der Waals surface area (Å²) in [5.41, 5.74) is 0.708. The SMILES string of the molecule is CCCN1C(=O)N/C(=C/c2cc(I)cc(I)c2O)C1=O. The third kappa shape index (κ3) is 3.08. The van der Waals surface area contributed by atoms with E-state index in [1.165, 1.54) is 11.0 Å². The zero-order valence-electron chi connectivity index (χ0n) is 10.6. The highest BCUT2D eigenvalue weighted by atomic mass is 127. The smallest absolute Gasteiger partial charge is 0.329 e. The number of benzene rings is 1. The Bertz CT molecular complexity index is 614. The lowest BCUT2D eigenvalue weighted by Crippen LogP contribution is -2.31. The number of phenolic OH excluding ortho intramolecular Hbond substituents is 1. The number of phenols is 1. The maximum Gasteiger partial charge on any atom is 0.329 e. The lowest BCUT2D eigenvalue weighted by atomic mass is 10.1. The molecule has 0 aromatic heterocycles. The van der Waals surface area contributed by atoms with E-state index in [0.717, 1.165) is 3.57 Å². The largest absolute Gasteiger partial charge is 0.506 e. The van der Waals surface area contributed by atoms with E-state index in [-0.39, 0.29) is 17.4 Å². The number of hydrogen-bond donors (Lipinski definition) is 2. The second kappa shape index (κ2) is 6.29. The molecule has 0 aliphatic carbocycles. The minimum Gasteiger partial charge on any atom is -0.506 e. The minimum absolute atomic E-state index is 0.106. The van der Waals surface area contributed by atoms with Gasteiger partial charge in [0.05, 0.1) is 3.57 Å². The molecule has 0 saturated carbocycles. The van der Waals surface area contributed by atoms with Gasteiger partial charge in [0.25, 0.3) is 5.91 Å². The highest BCUT2D eigenvalue weighted by molar-refractivity contribution is 14.1. The Balaban J connectivity index is 2.38. The Hall–Kier alpha value is -0.840. The van der Waals surface area contributed by atoms with Gasteiger partial charge < -0.3 is 10.4 Å². The Morgan fingerprint density at radius 1 is 1.35 bits per heavy atom. The number of imide groups is 1. The van der Waals surface area contributed by atoms with E-state index >= 15 is 0 Å². The zero-order valence-corrected chi connectivity index (χ0v) is 14.9. The van der Waals surface area contributed by atoms with Gasteiger partial charge in [-0.3, -0.25) is 9.69 Å². The number of hydrogen-bond acceptors (Lipinski definition) is 3. The molecule has 5 nitrogen and oxygen atoms in total. The third-order valence-corrected chi connectivity index (χ3v) is 4.21. The normalized spacial score (nSPS) is 16.9. The van der Waals surface area contributed by atoms with Crippen LogP contribution in [-0.2, 0) is 4.79 Å². The van der Waals surface area contributed by atoms with Gasteiger partial charge in [0.1, 0.15) is 11.4 Å². The van der Waals surface area contributed by atoms with Gasteiger partial charge in [0.2, 0.25) is 0 Å². The molecule has 1 aromatic carbocycles. The van der Waals surface area contributed by atoms with Gasteiger partial charge in [-0.2, -0.15) is 0 Å². The molecule has 2 rings (SSSR count). The van der Waals surface area contributed by atoms with Crippen molar-refractivity contribution < 1.29 is 14.7 Å². The summed E-state index contributed by atoms with van der Waals surface area (Å²) in [6.45, 7) is 2.29. The standard InChI is InChI=1S/C13H12I2N2O3/c1-2-3-17-12(19)10(16-13(17)20)5-7-4-8(14)6-9(15)11(7)18/h4-6,18H,2-3H2,1H3,(H,16,20)/b10-5+. The van der Waals surface area contributed by atoms with Crippen LogP contribution in [0.25, 0.3) is 6.08 Å². The molecule has 1 aromatic rings. The highest BCUT2D eigenvalue weighted by Gasteiger charge is 2.32. The fourth-order valence-corrected chi connectivity index (χ4v) is 3.74. The van der Waals surface area contributed by atoms with Gasteiger partial charge in [-0.05, 0) is 69.8 Å². The summed E-state index contributed by atoms with van der Waals surface area (Å²) < 4.78 is 1.64. The van der Waals surface area contributed by atoms with E-state index in [4.69, 9.17) is 0 Å². The summed E-state index contributed by atoms with van der Waals surface area (Å²) in [5.74, 6) is -0.250. The van der Waals surface area contributed by atoms with E-state index in [1.807, 2.05) is 35.6 Å². The van der Waals surface area contributed by atoms with Gasteiger partial charge in [-0.1, -0.05) is 6.92 Å². The van der Waals surface area contributed by atoms with Crippen molar-refractivity contribution >= 4 is 63.2 Å². The molecule has 0 radical (unpaired) electrons. The van der Waals surface area contributed by atoms with Crippen molar-refractivity contribution in [3.8, 4) is 5.75 Å². The summed E-state index contributed by atoms with van der Waals surface area (Å²) in [6, 6.07) is 3.17. The van der Waals surface area contributed by atoms with E-state index in [1.54, 1.807) is 6.07 Å². The Morgan fingerprint density at radius 2 is 2.05 bits per heavy atom. The summed E-state index contributed by atoms with van der Waals surface area (Å²) in [4.78, 5) is 24.9. The number of aromatic hydroxyl groups is 1. The molecule has 20 heavy (non-hydrogen) atoms. The van der Waals surface area contributed by atoms with Crippen LogP contribution in [0.2, 0.25) is 0 Å². The molecule has 0 unspecified atom stereocenters. The van der Waals surface area contributed by atoms with Gasteiger partial charge in [0.15, 0.2) is 0 Å². The molecule has 3 amide bonds. The first-order valence-corrected chi connectivity index (χ1v) is 8.12. The van der Waals surface area contributed by atoms with Gasteiger partial charge in [-0.15, -0.1) is 0 Å². The highest BCUT2D eigenvalue weighted by Crippen LogP contribution is 2.29. The maximum absolute atomic E-state index is 12.1. The number of carbonyl (C=O) groups is 2. The van der Waals surface area contributed by atoms with Crippen LogP contribution in [0.15, 0.2) is 17.8 Å². The topological polar surface area (TPSA) is 69.6 Å². The molecule has 2 N–H and O–H groups in total. The van der Waals surface area contributed by atoms with E-state index in [2.05, 4.69) is 27.9 Å². The fraction of sp³-hybridized carbons (Fsp3) is 0.231. The average molecular weight is 498 g/mol. The minimum atomic E-state index is -0.414. The number of halogens is 2. The Labute approximate surface area is 143 Å². The fourth-order valence-electron chi connectivity index (χ4n) is 1.85. The van der Waals surface area contributed by atoms with Gasteiger partial charge in [-0.25, -0.2) is 4.79 Å². The molecule has 7 heteroatoms. The van der Waals surface area contributed by atoms with Crippen LogP contribution in [0, 0.1) is 7.14 Å². The molecule has 1 heterocycles. The molecule has 106 valence electrons. The first-order chi connectivity index (χ1) is 9.43. The average Bonchev–Trinajstić information content (AvgIpc) is 2.63. The van der Waals surface area contributed by atoms with Crippen molar-refractivity contribution in [2.24, 2.45) is 0 Å². The Morgan fingerprint density at radius 3 is 2.70 bits per heavy atom. The summed E-state index contributed by atoms with van der Waals surface area (Å²) in [7, 11) is 0. The van der Waals surface area contributed by atoms with Crippen LogP contribution in [0.4, 0.5) is 4.79 Å².